The van der Waals surface area contributed by atoms with Crippen molar-refractivity contribution in [1.29, 1.82) is 0 Å². The van der Waals surface area contributed by atoms with Crippen molar-refractivity contribution in [2.45, 2.75) is 25.5 Å². The Morgan fingerprint density at radius 2 is 1.74 bits per heavy atom. The van der Waals surface area contributed by atoms with Gasteiger partial charge in [0.1, 0.15) is 12.4 Å². The smallest absolute Gasteiger partial charge is 0.164 e. The Morgan fingerprint density at radius 1 is 1.00 bits per heavy atom. The molecule has 0 saturated carbocycles. The molecule has 1 heterocycles. The van der Waals surface area contributed by atoms with Gasteiger partial charge in [-0.1, -0.05) is 30.3 Å². The van der Waals surface area contributed by atoms with Crippen molar-refractivity contribution in [1.82, 2.24) is 5.32 Å². The summed E-state index contributed by atoms with van der Waals surface area (Å²) >= 11 is 0. The molecular formula is C19H23NO3. The van der Waals surface area contributed by atoms with Crippen molar-refractivity contribution in [3.05, 3.63) is 53.6 Å². The molecule has 0 amide bonds. The standard InChI is InChI=1S/C19H23NO3/c1-21-18-11-15(16-9-6-10-20-16)17(12-19(18)22-2)23-13-14-7-4-3-5-8-14/h3-5,7-8,11-12,16,20H,6,9-10,13H2,1-2H3/t16-/m1/s1. The summed E-state index contributed by atoms with van der Waals surface area (Å²) in [6.07, 6.45) is 2.29. The highest BCUT2D eigenvalue weighted by atomic mass is 16.5. The van der Waals surface area contributed by atoms with Crippen LogP contribution in [-0.2, 0) is 6.61 Å². The Labute approximate surface area is 137 Å². The summed E-state index contributed by atoms with van der Waals surface area (Å²) < 4.78 is 17.0. The molecule has 0 bridgehead atoms. The average molecular weight is 313 g/mol. The van der Waals surface area contributed by atoms with Crippen molar-refractivity contribution in [2.24, 2.45) is 0 Å². The molecule has 2 aromatic rings. The topological polar surface area (TPSA) is 39.7 Å². The molecule has 0 aromatic heterocycles. The van der Waals surface area contributed by atoms with E-state index in [9.17, 15) is 0 Å². The molecule has 1 fully saturated rings. The molecule has 1 atom stereocenters. The Kier molecular flexibility index (Phi) is 5.03. The first kappa shape index (κ1) is 15.7. The molecule has 0 radical (unpaired) electrons. The van der Waals surface area contributed by atoms with Crippen LogP contribution in [0.15, 0.2) is 42.5 Å². The normalized spacial score (nSPS) is 17.0. The number of hydrogen-bond donors (Lipinski definition) is 1. The van der Waals surface area contributed by atoms with Crippen LogP contribution in [0.1, 0.15) is 30.0 Å². The van der Waals surface area contributed by atoms with Crippen LogP contribution in [0, 0.1) is 0 Å². The van der Waals surface area contributed by atoms with Crippen LogP contribution in [0.4, 0.5) is 0 Å². The first-order valence-electron chi connectivity index (χ1n) is 7.98. The minimum atomic E-state index is 0.306. The summed E-state index contributed by atoms with van der Waals surface area (Å²) in [5.74, 6) is 2.28. The fraction of sp³-hybridized carbons (Fsp3) is 0.368. The number of benzene rings is 2. The highest BCUT2D eigenvalue weighted by Gasteiger charge is 2.23. The number of rotatable bonds is 6. The molecule has 2 aromatic carbocycles. The molecule has 4 nitrogen and oxygen atoms in total. The van der Waals surface area contributed by atoms with Crippen molar-refractivity contribution < 1.29 is 14.2 Å². The number of hydrogen-bond acceptors (Lipinski definition) is 4. The Hall–Kier alpha value is -2.20. The second-order valence-corrected chi connectivity index (χ2v) is 5.67. The van der Waals surface area contributed by atoms with Gasteiger partial charge in [-0.25, -0.2) is 0 Å². The third-order valence-corrected chi connectivity index (χ3v) is 4.19. The lowest BCUT2D eigenvalue weighted by atomic mass is 10.0. The van der Waals surface area contributed by atoms with Crippen LogP contribution in [0.5, 0.6) is 17.2 Å². The van der Waals surface area contributed by atoms with Gasteiger partial charge in [0.05, 0.1) is 14.2 Å². The van der Waals surface area contributed by atoms with Crippen molar-refractivity contribution in [2.75, 3.05) is 20.8 Å². The molecule has 0 aliphatic carbocycles. The van der Waals surface area contributed by atoms with Crippen LogP contribution < -0.4 is 19.5 Å². The van der Waals surface area contributed by atoms with Gasteiger partial charge in [0.2, 0.25) is 0 Å². The van der Waals surface area contributed by atoms with Crippen LogP contribution in [0.2, 0.25) is 0 Å². The predicted octanol–water partition coefficient (Wildman–Crippen LogP) is 3.71. The lowest BCUT2D eigenvalue weighted by Crippen LogP contribution is -2.14. The molecule has 122 valence electrons. The lowest BCUT2D eigenvalue weighted by molar-refractivity contribution is 0.294. The summed E-state index contributed by atoms with van der Waals surface area (Å²) in [4.78, 5) is 0. The second kappa shape index (κ2) is 7.38. The molecule has 23 heavy (non-hydrogen) atoms. The van der Waals surface area contributed by atoms with E-state index in [1.165, 1.54) is 6.42 Å². The van der Waals surface area contributed by atoms with E-state index in [1.54, 1.807) is 14.2 Å². The van der Waals surface area contributed by atoms with E-state index in [0.29, 0.717) is 18.4 Å². The van der Waals surface area contributed by atoms with Crippen LogP contribution in [0.3, 0.4) is 0 Å². The predicted molar refractivity (Wildman–Crippen MR) is 90.3 cm³/mol. The van der Waals surface area contributed by atoms with Gasteiger partial charge < -0.3 is 19.5 Å². The summed E-state index contributed by atoms with van der Waals surface area (Å²) in [6.45, 7) is 1.58. The average Bonchev–Trinajstić information content (AvgIpc) is 3.14. The number of nitrogens with one attached hydrogen (secondary N) is 1. The number of methoxy groups -OCH3 is 2. The highest BCUT2D eigenvalue weighted by molar-refractivity contribution is 5.52. The zero-order valence-corrected chi connectivity index (χ0v) is 13.7. The van der Waals surface area contributed by atoms with Gasteiger partial charge in [-0.3, -0.25) is 0 Å². The monoisotopic (exact) mass is 313 g/mol. The van der Waals surface area contributed by atoms with E-state index in [1.807, 2.05) is 30.3 Å². The highest BCUT2D eigenvalue weighted by Crippen LogP contribution is 2.40. The third-order valence-electron chi connectivity index (χ3n) is 4.19. The SMILES string of the molecule is COc1cc(OCc2ccccc2)c([C@H]2CCCN2)cc1OC. The molecule has 1 aliphatic heterocycles. The van der Waals surface area contributed by atoms with Crippen molar-refractivity contribution in [3.63, 3.8) is 0 Å². The zero-order valence-electron chi connectivity index (χ0n) is 13.7. The van der Waals surface area contributed by atoms with E-state index in [4.69, 9.17) is 14.2 Å². The maximum atomic E-state index is 6.10. The molecule has 3 rings (SSSR count). The van der Waals surface area contributed by atoms with Gasteiger partial charge in [0.25, 0.3) is 0 Å². The molecule has 0 spiro atoms. The Morgan fingerprint density at radius 3 is 2.39 bits per heavy atom. The van der Waals surface area contributed by atoms with Crippen molar-refractivity contribution >= 4 is 0 Å². The van der Waals surface area contributed by atoms with Gasteiger partial charge in [0.15, 0.2) is 11.5 Å². The molecule has 0 unspecified atom stereocenters. The quantitative estimate of drug-likeness (QED) is 0.882. The van der Waals surface area contributed by atoms with E-state index in [-0.39, 0.29) is 0 Å². The van der Waals surface area contributed by atoms with E-state index >= 15 is 0 Å². The van der Waals surface area contributed by atoms with Crippen LogP contribution >= 0.6 is 0 Å². The fourth-order valence-electron chi connectivity index (χ4n) is 2.96. The Bertz CT molecular complexity index is 637. The lowest BCUT2D eigenvalue weighted by Gasteiger charge is -2.19. The zero-order chi connectivity index (χ0) is 16.1. The minimum Gasteiger partial charge on any atom is -0.493 e. The summed E-state index contributed by atoms with van der Waals surface area (Å²) in [5.41, 5.74) is 2.28. The molecule has 4 heteroatoms. The van der Waals surface area contributed by atoms with Crippen LogP contribution in [0.25, 0.3) is 0 Å². The first-order chi connectivity index (χ1) is 11.3. The third kappa shape index (κ3) is 3.59. The van der Waals surface area contributed by atoms with Gasteiger partial charge in [-0.05, 0) is 31.0 Å². The summed E-state index contributed by atoms with van der Waals surface area (Å²) in [5, 5.41) is 3.52. The minimum absolute atomic E-state index is 0.306. The van der Waals surface area contributed by atoms with Gasteiger partial charge in [-0.15, -0.1) is 0 Å². The Balaban J connectivity index is 1.89. The maximum Gasteiger partial charge on any atom is 0.164 e. The molecular weight excluding hydrogens is 290 g/mol. The summed E-state index contributed by atoms with van der Waals surface area (Å²) in [6, 6.07) is 14.4. The van der Waals surface area contributed by atoms with E-state index in [0.717, 1.165) is 35.6 Å². The van der Waals surface area contributed by atoms with E-state index < -0.39 is 0 Å². The van der Waals surface area contributed by atoms with Crippen LogP contribution in [-0.4, -0.2) is 20.8 Å². The summed E-state index contributed by atoms with van der Waals surface area (Å²) in [7, 11) is 3.31. The largest absolute Gasteiger partial charge is 0.493 e. The molecule has 1 saturated heterocycles. The second-order valence-electron chi connectivity index (χ2n) is 5.67. The van der Waals surface area contributed by atoms with Gasteiger partial charge in [0, 0.05) is 17.7 Å². The van der Waals surface area contributed by atoms with Gasteiger partial charge in [-0.2, -0.15) is 0 Å². The van der Waals surface area contributed by atoms with Crippen molar-refractivity contribution in [3.8, 4) is 17.2 Å². The fourth-order valence-corrected chi connectivity index (χ4v) is 2.96. The van der Waals surface area contributed by atoms with E-state index in [2.05, 4.69) is 17.4 Å². The molecule has 1 aliphatic rings. The number of ether oxygens (including phenoxy) is 3. The first-order valence-corrected chi connectivity index (χ1v) is 7.98. The molecule has 1 N–H and O–H groups in total. The van der Waals surface area contributed by atoms with Gasteiger partial charge >= 0.3 is 0 Å². The maximum absolute atomic E-state index is 6.10.